The topological polar surface area (TPSA) is 83.1 Å². The molecule has 0 aliphatic carbocycles. The highest BCUT2D eigenvalue weighted by atomic mass is 16.6. The van der Waals surface area contributed by atoms with Crippen molar-refractivity contribution in [1.82, 2.24) is 0 Å². The van der Waals surface area contributed by atoms with Gasteiger partial charge in [-0.2, -0.15) is 0 Å². The third-order valence-electron chi connectivity index (χ3n) is 4.86. The van der Waals surface area contributed by atoms with Crippen LogP contribution < -0.4 is 24.3 Å². The van der Waals surface area contributed by atoms with Gasteiger partial charge in [0.15, 0.2) is 28.8 Å². The molecule has 3 aromatic rings. The fourth-order valence-electron chi connectivity index (χ4n) is 3.33. The third-order valence-corrected chi connectivity index (χ3v) is 4.86. The van der Waals surface area contributed by atoms with Gasteiger partial charge < -0.3 is 24.3 Å². The quantitative estimate of drug-likeness (QED) is 0.609. The van der Waals surface area contributed by atoms with Gasteiger partial charge in [0.1, 0.15) is 13.2 Å². The van der Waals surface area contributed by atoms with Crippen LogP contribution in [0.4, 0.5) is 5.69 Å². The fourth-order valence-corrected chi connectivity index (χ4v) is 3.33. The molecule has 1 aliphatic rings. The minimum absolute atomic E-state index is 0.261. The van der Waals surface area contributed by atoms with Crippen LogP contribution in [-0.2, 0) is 0 Å². The summed E-state index contributed by atoms with van der Waals surface area (Å²) in [4.78, 5) is 26.2. The van der Waals surface area contributed by atoms with E-state index in [0.717, 1.165) is 0 Å². The minimum Gasteiger partial charge on any atom is -0.493 e. The summed E-state index contributed by atoms with van der Waals surface area (Å²) in [5.74, 6) is 1.46. The van der Waals surface area contributed by atoms with E-state index in [0.29, 0.717) is 47.5 Å². The predicted molar refractivity (Wildman–Crippen MR) is 115 cm³/mol. The van der Waals surface area contributed by atoms with Crippen molar-refractivity contribution < 1.29 is 28.5 Å². The molecule has 3 aromatic carbocycles. The van der Waals surface area contributed by atoms with Gasteiger partial charge in [0, 0.05) is 22.9 Å². The number of carbonyl (C=O) groups is 2. The lowest BCUT2D eigenvalue weighted by atomic mass is 9.97. The predicted octanol–water partition coefficient (Wildman–Crippen LogP) is 3.96. The molecule has 7 nitrogen and oxygen atoms in total. The Balaban J connectivity index is 1.61. The van der Waals surface area contributed by atoms with Gasteiger partial charge in [-0.1, -0.05) is 18.2 Å². The minimum atomic E-state index is -0.409. The molecule has 0 unspecified atom stereocenters. The van der Waals surface area contributed by atoms with Crippen molar-refractivity contribution in [3.8, 4) is 23.0 Å². The van der Waals surface area contributed by atoms with Gasteiger partial charge >= 0.3 is 0 Å². The second-order valence-electron chi connectivity index (χ2n) is 6.76. The first-order chi connectivity index (χ1) is 15.1. The third kappa shape index (κ3) is 4.16. The van der Waals surface area contributed by atoms with Crippen LogP contribution in [-0.4, -0.2) is 39.1 Å². The average Bonchev–Trinajstić information content (AvgIpc) is 2.83. The van der Waals surface area contributed by atoms with Gasteiger partial charge in [-0.15, -0.1) is 0 Å². The molecular weight excluding hydrogens is 398 g/mol. The Kier molecular flexibility index (Phi) is 5.75. The fraction of sp³-hybridized carbons (Fsp3) is 0.167. The van der Waals surface area contributed by atoms with Crippen molar-refractivity contribution in [2.75, 3.05) is 32.8 Å². The summed E-state index contributed by atoms with van der Waals surface area (Å²) in [5, 5.41) is 2.81. The molecule has 0 atom stereocenters. The van der Waals surface area contributed by atoms with E-state index < -0.39 is 5.91 Å². The van der Waals surface area contributed by atoms with Crippen LogP contribution in [0.25, 0.3) is 0 Å². The zero-order chi connectivity index (χ0) is 21.8. The van der Waals surface area contributed by atoms with Crippen molar-refractivity contribution >= 4 is 17.4 Å². The number of carbonyl (C=O) groups excluding carboxylic acids is 2. The van der Waals surface area contributed by atoms with Gasteiger partial charge in [-0.05, 0) is 36.4 Å². The van der Waals surface area contributed by atoms with Gasteiger partial charge in [0.2, 0.25) is 0 Å². The molecule has 1 amide bonds. The molecule has 158 valence electrons. The monoisotopic (exact) mass is 419 g/mol. The summed E-state index contributed by atoms with van der Waals surface area (Å²) < 4.78 is 21.6. The Labute approximate surface area is 179 Å². The number of fused-ring (bicyclic) bond motifs is 1. The van der Waals surface area contributed by atoms with Crippen LogP contribution >= 0.6 is 0 Å². The second-order valence-corrected chi connectivity index (χ2v) is 6.76. The van der Waals surface area contributed by atoms with Gasteiger partial charge in [-0.25, -0.2) is 0 Å². The molecule has 0 radical (unpaired) electrons. The van der Waals surface area contributed by atoms with Crippen LogP contribution in [0.1, 0.15) is 26.3 Å². The van der Waals surface area contributed by atoms with Crippen molar-refractivity contribution in [3.63, 3.8) is 0 Å². The number of methoxy groups -OCH3 is 2. The molecule has 4 rings (SSSR count). The number of ether oxygens (including phenoxy) is 4. The molecule has 1 N–H and O–H groups in total. The normalized spacial score (nSPS) is 12.1. The zero-order valence-corrected chi connectivity index (χ0v) is 17.1. The number of hydrogen-bond donors (Lipinski definition) is 1. The van der Waals surface area contributed by atoms with Crippen LogP contribution in [0.2, 0.25) is 0 Å². The number of benzene rings is 3. The first kappa shape index (κ1) is 20.3. The maximum atomic E-state index is 13.2. The van der Waals surface area contributed by atoms with Crippen molar-refractivity contribution in [1.29, 1.82) is 0 Å². The number of amides is 1. The highest BCUT2D eigenvalue weighted by molar-refractivity contribution is 6.17. The largest absolute Gasteiger partial charge is 0.493 e. The molecule has 0 saturated heterocycles. The number of anilines is 1. The van der Waals surface area contributed by atoms with Crippen LogP contribution in [0, 0.1) is 0 Å². The van der Waals surface area contributed by atoms with Crippen LogP contribution in [0.15, 0.2) is 60.7 Å². The second kappa shape index (κ2) is 8.79. The Hall–Kier alpha value is -4.00. The van der Waals surface area contributed by atoms with Crippen molar-refractivity contribution in [2.45, 2.75) is 0 Å². The number of rotatable bonds is 6. The van der Waals surface area contributed by atoms with Gasteiger partial charge in [0.05, 0.1) is 19.8 Å². The Bertz CT molecular complexity index is 1140. The summed E-state index contributed by atoms with van der Waals surface area (Å²) in [5.41, 5.74) is 1.48. The first-order valence-corrected chi connectivity index (χ1v) is 9.67. The number of nitrogens with one attached hydrogen (secondary N) is 1. The number of ketones is 1. The van der Waals surface area contributed by atoms with E-state index in [4.69, 9.17) is 18.9 Å². The highest BCUT2D eigenvalue weighted by Crippen LogP contribution is 2.32. The summed E-state index contributed by atoms with van der Waals surface area (Å²) >= 11 is 0. The molecule has 1 aliphatic heterocycles. The molecule has 0 spiro atoms. The van der Waals surface area contributed by atoms with E-state index in [1.807, 2.05) is 0 Å². The van der Waals surface area contributed by atoms with Crippen molar-refractivity contribution in [2.24, 2.45) is 0 Å². The molecule has 0 bridgehead atoms. The molecule has 1 heterocycles. The maximum absolute atomic E-state index is 13.2. The molecule has 0 saturated carbocycles. The number of hydrogen-bond acceptors (Lipinski definition) is 6. The van der Waals surface area contributed by atoms with E-state index in [-0.39, 0.29) is 16.9 Å². The Morgan fingerprint density at radius 3 is 2.26 bits per heavy atom. The SMILES string of the molecule is COc1ccc(NC(=O)c2ccccc2C(=O)c2ccc3c(c2)OCCO3)cc1OC. The lowest BCUT2D eigenvalue weighted by Crippen LogP contribution is -2.18. The lowest BCUT2D eigenvalue weighted by molar-refractivity contribution is 0.0996. The van der Waals surface area contributed by atoms with Crippen molar-refractivity contribution in [3.05, 3.63) is 77.4 Å². The smallest absolute Gasteiger partial charge is 0.256 e. The highest BCUT2D eigenvalue weighted by Gasteiger charge is 2.21. The molecule has 0 aromatic heterocycles. The molecule has 31 heavy (non-hydrogen) atoms. The lowest BCUT2D eigenvalue weighted by Gasteiger charge is -2.18. The van der Waals surface area contributed by atoms with E-state index in [1.54, 1.807) is 60.7 Å². The average molecular weight is 419 g/mol. The first-order valence-electron chi connectivity index (χ1n) is 9.67. The van der Waals surface area contributed by atoms with Crippen LogP contribution in [0.5, 0.6) is 23.0 Å². The van der Waals surface area contributed by atoms with Gasteiger partial charge in [0.25, 0.3) is 5.91 Å². The summed E-state index contributed by atoms with van der Waals surface area (Å²) in [6.45, 7) is 0.897. The Morgan fingerprint density at radius 1 is 0.806 bits per heavy atom. The summed E-state index contributed by atoms with van der Waals surface area (Å²) in [7, 11) is 3.06. The van der Waals surface area contributed by atoms with E-state index in [1.165, 1.54) is 14.2 Å². The summed E-state index contributed by atoms with van der Waals surface area (Å²) in [6.07, 6.45) is 0. The Morgan fingerprint density at radius 2 is 1.52 bits per heavy atom. The van der Waals surface area contributed by atoms with Gasteiger partial charge in [-0.3, -0.25) is 9.59 Å². The van der Waals surface area contributed by atoms with E-state index in [9.17, 15) is 9.59 Å². The maximum Gasteiger partial charge on any atom is 0.256 e. The standard InChI is InChI=1S/C24H21NO6/c1-28-19-10-8-16(14-21(19)29-2)25-24(27)18-6-4-3-5-17(18)23(26)15-7-9-20-22(13-15)31-12-11-30-20/h3-10,13-14H,11-12H2,1-2H3,(H,25,27). The van der Waals surface area contributed by atoms with E-state index >= 15 is 0 Å². The van der Waals surface area contributed by atoms with Crippen LogP contribution in [0.3, 0.4) is 0 Å². The van der Waals surface area contributed by atoms with E-state index in [2.05, 4.69) is 5.32 Å². The summed E-state index contributed by atoms with van der Waals surface area (Å²) in [6, 6.07) is 16.7. The molecular formula is C24H21NO6. The zero-order valence-electron chi connectivity index (χ0n) is 17.1. The molecule has 0 fully saturated rings. The molecule has 7 heteroatoms.